The molecular formula is C32H31ClN2O2. The van der Waals surface area contributed by atoms with E-state index >= 15 is 0 Å². The molecule has 4 nitrogen and oxygen atoms in total. The van der Waals surface area contributed by atoms with Gasteiger partial charge >= 0.3 is 0 Å². The van der Waals surface area contributed by atoms with Gasteiger partial charge in [0, 0.05) is 47.1 Å². The van der Waals surface area contributed by atoms with Gasteiger partial charge in [-0.15, -0.1) is 0 Å². The van der Waals surface area contributed by atoms with Crippen LogP contribution in [0.4, 0.5) is 0 Å². The Kier molecular flexibility index (Phi) is 7.03. The Morgan fingerprint density at radius 1 is 1.03 bits per heavy atom. The highest BCUT2D eigenvalue weighted by atomic mass is 35.5. The molecule has 0 saturated carbocycles. The minimum Gasteiger partial charge on any atom is -0.338 e. The molecule has 1 fully saturated rings. The summed E-state index contributed by atoms with van der Waals surface area (Å²) in [5.41, 5.74) is 7.96. The van der Waals surface area contributed by atoms with E-state index in [0.717, 1.165) is 34.1 Å². The normalized spacial score (nSPS) is 13.5. The number of ketones is 1. The number of aromatic nitrogens is 1. The Balaban J connectivity index is 1.51. The fourth-order valence-electron chi connectivity index (χ4n) is 5.62. The summed E-state index contributed by atoms with van der Waals surface area (Å²) in [6.45, 7) is 9.24. The lowest BCUT2D eigenvalue weighted by molar-refractivity contribution is -0.134. The molecule has 1 aromatic heterocycles. The number of nitrogens with zero attached hydrogens (tertiary/aromatic N) is 2. The van der Waals surface area contributed by atoms with Gasteiger partial charge in [0.25, 0.3) is 0 Å². The number of hydrogen-bond donors (Lipinski definition) is 0. The van der Waals surface area contributed by atoms with E-state index in [2.05, 4.69) is 73.5 Å². The summed E-state index contributed by atoms with van der Waals surface area (Å²) in [7, 11) is 0. The van der Waals surface area contributed by atoms with Gasteiger partial charge in [-0.3, -0.25) is 9.59 Å². The first kappa shape index (κ1) is 25.0. The van der Waals surface area contributed by atoms with Crippen LogP contribution in [0.5, 0.6) is 0 Å². The summed E-state index contributed by atoms with van der Waals surface area (Å²) >= 11 is 6.55. The van der Waals surface area contributed by atoms with Gasteiger partial charge in [0.2, 0.25) is 5.91 Å². The number of aryl methyl sites for hydroxylation is 1. The Hall–Kier alpha value is -3.63. The lowest BCUT2D eigenvalue weighted by Gasteiger charge is -2.38. The molecule has 0 aliphatic carbocycles. The topological polar surface area (TPSA) is 42.3 Å². The van der Waals surface area contributed by atoms with Gasteiger partial charge in [-0.25, -0.2) is 0 Å². The summed E-state index contributed by atoms with van der Waals surface area (Å²) in [4.78, 5) is 26.7. The molecule has 5 rings (SSSR count). The average molecular weight is 511 g/mol. The van der Waals surface area contributed by atoms with E-state index < -0.39 is 0 Å². The van der Waals surface area contributed by atoms with E-state index in [9.17, 15) is 9.59 Å². The van der Waals surface area contributed by atoms with Crippen molar-refractivity contribution < 1.29 is 9.59 Å². The molecule has 5 heteroatoms. The summed E-state index contributed by atoms with van der Waals surface area (Å²) in [5, 5.41) is 1.76. The zero-order chi connectivity index (χ0) is 26.1. The number of hydrogen-bond acceptors (Lipinski definition) is 2. The number of fused-ring (bicyclic) bond motifs is 1. The van der Waals surface area contributed by atoms with Gasteiger partial charge in [-0.1, -0.05) is 72.8 Å². The van der Waals surface area contributed by atoms with Crippen molar-refractivity contribution in [1.29, 1.82) is 0 Å². The van der Waals surface area contributed by atoms with Crippen LogP contribution in [0.3, 0.4) is 0 Å². The standard InChI is InChI=1S/C32H31ClN2O2/c1-4-30(37)34-18-24(19-34)16-27(36)20-35-22(3)31(29-17-26(33)14-21(2)32(29)35)28-13-9-8-12-25(28)15-23-10-6-5-7-11-23/h4-14,17,24H,1,15-16,18-20H2,2-3H3. The third-order valence-electron chi connectivity index (χ3n) is 7.39. The number of carbonyl (C=O) groups excluding carboxylic acids is 2. The van der Waals surface area contributed by atoms with Crippen LogP contribution >= 0.6 is 11.6 Å². The first-order chi connectivity index (χ1) is 17.9. The van der Waals surface area contributed by atoms with E-state index in [1.165, 1.54) is 22.8 Å². The van der Waals surface area contributed by atoms with Crippen molar-refractivity contribution in [3.8, 4) is 11.1 Å². The second-order valence-corrected chi connectivity index (χ2v) is 10.5. The van der Waals surface area contributed by atoms with Crippen LogP contribution in [0.15, 0.2) is 79.4 Å². The summed E-state index contributed by atoms with van der Waals surface area (Å²) in [6.07, 6.45) is 2.62. The van der Waals surface area contributed by atoms with Gasteiger partial charge < -0.3 is 9.47 Å². The van der Waals surface area contributed by atoms with Crippen molar-refractivity contribution in [1.82, 2.24) is 9.47 Å². The second kappa shape index (κ2) is 10.4. The number of likely N-dealkylation sites (tertiary alicyclic amines) is 1. The second-order valence-electron chi connectivity index (χ2n) is 10.0. The summed E-state index contributed by atoms with van der Waals surface area (Å²) < 4.78 is 2.16. The van der Waals surface area contributed by atoms with Crippen molar-refractivity contribution in [3.05, 3.63) is 107 Å². The SMILES string of the molecule is C=CC(=O)N1CC(CC(=O)Cn2c(C)c(-c3ccccc3Cc3ccccc3)c3cc(Cl)cc(C)c32)C1. The molecule has 0 atom stereocenters. The largest absolute Gasteiger partial charge is 0.338 e. The molecule has 37 heavy (non-hydrogen) atoms. The molecule has 1 aliphatic heterocycles. The maximum atomic E-state index is 13.2. The van der Waals surface area contributed by atoms with Gasteiger partial charge in [0.05, 0.1) is 12.1 Å². The van der Waals surface area contributed by atoms with Crippen molar-refractivity contribution in [2.75, 3.05) is 13.1 Å². The average Bonchev–Trinajstić information content (AvgIpc) is 3.12. The van der Waals surface area contributed by atoms with E-state index in [1.807, 2.05) is 18.2 Å². The fourth-order valence-corrected chi connectivity index (χ4v) is 5.90. The lowest BCUT2D eigenvalue weighted by atomic mass is 9.93. The molecule has 0 spiro atoms. The van der Waals surface area contributed by atoms with Gasteiger partial charge in [0.15, 0.2) is 5.78 Å². The molecule has 0 radical (unpaired) electrons. The molecule has 0 bridgehead atoms. The predicted octanol–water partition coefficient (Wildman–Crippen LogP) is 6.77. The minimum absolute atomic E-state index is 0.0674. The van der Waals surface area contributed by atoms with E-state index in [-0.39, 0.29) is 17.6 Å². The maximum Gasteiger partial charge on any atom is 0.245 e. The van der Waals surface area contributed by atoms with E-state index in [1.54, 1.807) is 4.90 Å². The predicted molar refractivity (Wildman–Crippen MR) is 151 cm³/mol. The third kappa shape index (κ3) is 4.99. The highest BCUT2D eigenvalue weighted by molar-refractivity contribution is 6.31. The van der Waals surface area contributed by atoms with Gasteiger partial charge in [0.1, 0.15) is 0 Å². The van der Waals surface area contributed by atoms with Crippen molar-refractivity contribution in [2.24, 2.45) is 5.92 Å². The van der Waals surface area contributed by atoms with Crippen LogP contribution in [-0.2, 0) is 22.6 Å². The number of carbonyl (C=O) groups is 2. The summed E-state index contributed by atoms with van der Waals surface area (Å²) in [5.74, 6) is 0.316. The van der Waals surface area contributed by atoms with Crippen molar-refractivity contribution in [3.63, 3.8) is 0 Å². The molecule has 4 aromatic rings. The quantitative estimate of drug-likeness (QED) is 0.245. The molecule has 0 N–H and O–H groups in total. The van der Waals surface area contributed by atoms with Crippen LogP contribution < -0.4 is 0 Å². The Morgan fingerprint density at radius 3 is 2.46 bits per heavy atom. The van der Waals surface area contributed by atoms with Crippen LogP contribution in [0.1, 0.15) is 28.8 Å². The number of benzene rings is 3. The number of halogens is 1. The zero-order valence-electron chi connectivity index (χ0n) is 21.3. The lowest BCUT2D eigenvalue weighted by Crippen LogP contribution is -2.50. The first-order valence-corrected chi connectivity index (χ1v) is 13.1. The first-order valence-electron chi connectivity index (χ1n) is 12.7. The molecule has 0 unspecified atom stereocenters. The third-order valence-corrected chi connectivity index (χ3v) is 7.61. The van der Waals surface area contributed by atoms with Crippen LogP contribution in [0.2, 0.25) is 5.02 Å². The van der Waals surface area contributed by atoms with Crippen molar-refractivity contribution >= 4 is 34.2 Å². The highest BCUT2D eigenvalue weighted by Crippen LogP contribution is 2.40. The maximum absolute atomic E-state index is 13.2. The van der Waals surface area contributed by atoms with Gasteiger partial charge in [-0.2, -0.15) is 0 Å². The zero-order valence-corrected chi connectivity index (χ0v) is 22.1. The minimum atomic E-state index is -0.0674. The molecule has 1 amide bonds. The highest BCUT2D eigenvalue weighted by Gasteiger charge is 2.31. The monoisotopic (exact) mass is 510 g/mol. The van der Waals surface area contributed by atoms with Crippen LogP contribution in [0, 0.1) is 19.8 Å². The Morgan fingerprint density at radius 2 is 1.73 bits per heavy atom. The number of Topliss-reactive ketones (excluding diaryl/α,β-unsaturated/α-hetero) is 1. The van der Waals surface area contributed by atoms with E-state index in [4.69, 9.17) is 11.6 Å². The molecule has 188 valence electrons. The Labute approximate surface area is 223 Å². The van der Waals surface area contributed by atoms with Crippen molar-refractivity contribution in [2.45, 2.75) is 33.2 Å². The smallest absolute Gasteiger partial charge is 0.245 e. The van der Waals surface area contributed by atoms with E-state index in [0.29, 0.717) is 31.1 Å². The molecular weight excluding hydrogens is 480 g/mol. The fraction of sp³-hybridized carbons (Fsp3) is 0.250. The molecule has 1 aliphatic rings. The molecule has 1 saturated heterocycles. The van der Waals surface area contributed by atoms with Crippen LogP contribution in [-0.4, -0.2) is 34.2 Å². The summed E-state index contributed by atoms with van der Waals surface area (Å²) in [6, 6.07) is 23.0. The van der Waals surface area contributed by atoms with Crippen LogP contribution in [0.25, 0.3) is 22.0 Å². The molecule has 2 heterocycles. The van der Waals surface area contributed by atoms with Gasteiger partial charge in [-0.05, 0) is 60.7 Å². The molecule has 3 aromatic carbocycles. The number of rotatable bonds is 8. The Bertz CT molecular complexity index is 1500. The number of amides is 1.